The summed E-state index contributed by atoms with van der Waals surface area (Å²) in [5.41, 5.74) is 0.0248. The van der Waals surface area contributed by atoms with E-state index in [1.807, 2.05) is 0 Å². The summed E-state index contributed by atoms with van der Waals surface area (Å²) in [5, 5.41) is 3.30. The Labute approximate surface area is 125 Å². The molecule has 1 aromatic carbocycles. The molecule has 1 fully saturated rings. The molecule has 0 saturated carbocycles. The molecule has 2 nitrogen and oxygen atoms in total. The fourth-order valence-electron chi connectivity index (χ4n) is 2.55. The minimum Gasteiger partial charge on any atom is -0.366 e. The molecule has 1 N–H and O–H groups in total. The quantitative estimate of drug-likeness (QED) is 0.869. The van der Waals surface area contributed by atoms with E-state index >= 15 is 0 Å². The predicted octanol–water partition coefficient (Wildman–Crippen LogP) is 3.90. The van der Waals surface area contributed by atoms with Gasteiger partial charge in [-0.15, -0.1) is 0 Å². The molecule has 0 aromatic heterocycles. The van der Waals surface area contributed by atoms with E-state index in [9.17, 15) is 13.2 Å². The minimum atomic E-state index is -4.34. The zero-order valence-electron chi connectivity index (χ0n) is 11.5. The maximum absolute atomic E-state index is 13.0. The number of nitrogens with one attached hydrogen (secondary N) is 1. The number of rotatable bonds is 2. The third-order valence-corrected chi connectivity index (χ3v) is 4.33. The molecule has 1 unspecified atom stereocenters. The molecule has 1 aliphatic rings. The average Bonchev–Trinajstić information content (AvgIpc) is 2.38. The molecule has 1 heterocycles. The van der Waals surface area contributed by atoms with Crippen LogP contribution in [0.25, 0.3) is 0 Å². The van der Waals surface area contributed by atoms with Gasteiger partial charge in [0.05, 0.1) is 5.56 Å². The van der Waals surface area contributed by atoms with Crippen molar-refractivity contribution in [2.24, 2.45) is 5.92 Å². The van der Waals surface area contributed by atoms with Crippen LogP contribution in [0.1, 0.15) is 19.4 Å². The van der Waals surface area contributed by atoms with Crippen molar-refractivity contribution in [1.82, 2.24) is 5.32 Å². The lowest BCUT2D eigenvalue weighted by atomic mass is 9.99. The summed E-state index contributed by atoms with van der Waals surface area (Å²) in [6.45, 7) is 6.50. The number of hydrogen-bond acceptors (Lipinski definition) is 2. The Kier molecular flexibility index (Phi) is 4.64. The highest BCUT2D eigenvalue weighted by atomic mass is 79.9. The van der Waals surface area contributed by atoms with Gasteiger partial charge >= 0.3 is 6.18 Å². The Bertz CT molecular complexity index is 474. The SMILES string of the molecule is CC(C)C1CNCCN1c1ccc(Br)c(C(F)(F)F)c1. The minimum absolute atomic E-state index is 0.0879. The van der Waals surface area contributed by atoms with Crippen molar-refractivity contribution >= 4 is 21.6 Å². The van der Waals surface area contributed by atoms with Gasteiger partial charge in [-0.1, -0.05) is 29.8 Å². The first-order valence-electron chi connectivity index (χ1n) is 6.65. The van der Waals surface area contributed by atoms with E-state index < -0.39 is 11.7 Å². The van der Waals surface area contributed by atoms with Gasteiger partial charge < -0.3 is 10.2 Å². The second-order valence-corrected chi connectivity index (χ2v) is 6.23. The third kappa shape index (κ3) is 3.28. The van der Waals surface area contributed by atoms with Gasteiger partial charge in [0.2, 0.25) is 0 Å². The van der Waals surface area contributed by atoms with Crippen LogP contribution >= 0.6 is 15.9 Å². The number of alkyl halides is 3. The number of nitrogens with zero attached hydrogens (tertiary/aromatic N) is 1. The fourth-order valence-corrected chi connectivity index (χ4v) is 3.02. The van der Waals surface area contributed by atoms with Gasteiger partial charge in [0.1, 0.15) is 0 Å². The van der Waals surface area contributed by atoms with Crippen LogP contribution in [0.3, 0.4) is 0 Å². The summed E-state index contributed by atoms with van der Waals surface area (Å²) in [6.07, 6.45) is -4.34. The van der Waals surface area contributed by atoms with Crippen molar-refractivity contribution in [3.05, 3.63) is 28.2 Å². The molecule has 1 aliphatic heterocycles. The lowest BCUT2D eigenvalue weighted by Gasteiger charge is -2.40. The molecule has 112 valence electrons. The first-order chi connectivity index (χ1) is 9.30. The fraction of sp³-hybridized carbons (Fsp3) is 0.571. The van der Waals surface area contributed by atoms with Gasteiger partial charge in [-0.2, -0.15) is 13.2 Å². The van der Waals surface area contributed by atoms with Crippen LogP contribution in [0.2, 0.25) is 0 Å². The second kappa shape index (κ2) is 5.93. The molecule has 1 saturated heterocycles. The summed E-state index contributed by atoms with van der Waals surface area (Å²) in [6, 6.07) is 4.69. The molecule has 0 spiro atoms. The zero-order chi connectivity index (χ0) is 14.9. The highest BCUT2D eigenvalue weighted by Crippen LogP contribution is 2.37. The summed E-state index contributed by atoms with van der Waals surface area (Å²) in [4.78, 5) is 2.07. The van der Waals surface area contributed by atoms with Crippen molar-refractivity contribution in [3.63, 3.8) is 0 Å². The van der Waals surface area contributed by atoms with Crippen LogP contribution < -0.4 is 10.2 Å². The second-order valence-electron chi connectivity index (χ2n) is 5.37. The highest BCUT2D eigenvalue weighted by molar-refractivity contribution is 9.10. The molecule has 2 rings (SSSR count). The predicted molar refractivity (Wildman–Crippen MR) is 78.0 cm³/mol. The summed E-state index contributed by atoms with van der Waals surface area (Å²) < 4.78 is 39.1. The number of benzene rings is 1. The maximum Gasteiger partial charge on any atom is 0.417 e. The Morgan fingerprint density at radius 2 is 2.05 bits per heavy atom. The molecular formula is C14H18BrF3N2. The molecule has 6 heteroatoms. The molecule has 20 heavy (non-hydrogen) atoms. The van der Waals surface area contributed by atoms with E-state index in [4.69, 9.17) is 0 Å². The Hall–Kier alpha value is -0.750. The number of piperazine rings is 1. The van der Waals surface area contributed by atoms with Gasteiger partial charge in [-0.25, -0.2) is 0 Å². The van der Waals surface area contributed by atoms with Gasteiger partial charge in [0.25, 0.3) is 0 Å². The first kappa shape index (κ1) is 15.6. The van der Waals surface area contributed by atoms with Gasteiger partial charge in [-0.3, -0.25) is 0 Å². The number of hydrogen-bond donors (Lipinski definition) is 1. The van der Waals surface area contributed by atoms with Crippen molar-refractivity contribution in [2.45, 2.75) is 26.1 Å². The molecule has 0 amide bonds. The standard InChI is InChI=1S/C14H18BrF3N2/c1-9(2)13-8-19-5-6-20(13)10-3-4-12(15)11(7-10)14(16,17)18/h3-4,7,9,13,19H,5-6,8H2,1-2H3. The Balaban J connectivity index is 2.36. The summed E-state index contributed by atoms with van der Waals surface area (Å²) in [5.74, 6) is 0.376. The summed E-state index contributed by atoms with van der Waals surface area (Å²) >= 11 is 2.98. The highest BCUT2D eigenvalue weighted by Gasteiger charge is 2.34. The molecule has 0 bridgehead atoms. The van der Waals surface area contributed by atoms with E-state index in [2.05, 4.69) is 40.0 Å². The van der Waals surface area contributed by atoms with E-state index in [1.165, 1.54) is 12.1 Å². The monoisotopic (exact) mass is 350 g/mol. The molecule has 1 atom stereocenters. The van der Waals surface area contributed by atoms with Crippen molar-refractivity contribution in [1.29, 1.82) is 0 Å². The topological polar surface area (TPSA) is 15.3 Å². The molecule has 1 aromatic rings. The third-order valence-electron chi connectivity index (χ3n) is 3.64. The van der Waals surface area contributed by atoms with Crippen LogP contribution in [0.15, 0.2) is 22.7 Å². The van der Waals surface area contributed by atoms with E-state index in [1.54, 1.807) is 6.07 Å². The van der Waals surface area contributed by atoms with Crippen LogP contribution in [0.4, 0.5) is 18.9 Å². The van der Waals surface area contributed by atoms with E-state index in [0.29, 0.717) is 11.6 Å². The lowest BCUT2D eigenvalue weighted by Crippen LogP contribution is -2.53. The van der Waals surface area contributed by atoms with Crippen molar-refractivity contribution in [3.8, 4) is 0 Å². The Morgan fingerprint density at radius 1 is 1.35 bits per heavy atom. The van der Waals surface area contributed by atoms with Gasteiger partial charge in [0, 0.05) is 35.8 Å². The summed E-state index contributed by atoms with van der Waals surface area (Å²) in [7, 11) is 0. The molecule has 0 aliphatic carbocycles. The van der Waals surface area contributed by atoms with Crippen molar-refractivity contribution in [2.75, 3.05) is 24.5 Å². The largest absolute Gasteiger partial charge is 0.417 e. The maximum atomic E-state index is 13.0. The number of halogens is 4. The average molecular weight is 351 g/mol. The zero-order valence-corrected chi connectivity index (χ0v) is 13.1. The normalized spacial score (nSPS) is 20.6. The van der Waals surface area contributed by atoms with Crippen LogP contribution in [0, 0.1) is 5.92 Å². The van der Waals surface area contributed by atoms with Crippen LogP contribution in [-0.4, -0.2) is 25.7 Å². The Morgan fingerprint density at radius 3 is 2.65 bits per heavy atom. The van der Waals surface area contributed by atoms with Gasteiger partial charge in [0.15, 0.2) is 0 Å². The van der Waals surface area contributed by atoms with E-state index in [0.717, 1.165) is 19.6 Å². The smallest absolute Gasteiger partial charge is 0.366 e. The lowest BCUT2D eigenvalue weighted by molar-refractivity contribution is -0.138. The van der Waals surface area contributed by atoms with Crippen LogP contribution in [-0.2, 0) is 6.18 Å². The van der Waals surface area contributed by atoms with Gasteiger partial charge in [-0.05, 0) is 24.1 Å². The van der Waals surface area contributed by atoms with E-state index in [-0.39, 0.29) is 10.5 Å². The van der Waals surface area contributed by atoms with Crippen molar-refractivity contribution < 1.29 is 13.2 Å². The number of anilines is 1. The molecule has 0 radical (unpaired) electrons. The van der Waals surface area contributed by atoms with Crippen LogP contribution in [0.5, 0.6) is 0 Å². The first-order valence-corrected chi connectivity index (χ1v) is 7.44. The molecular weight excluding hydrogens is 333 g/mol.